The summed E-state index contributed by atoms with van der Waals surface area (Å²) in [7, 11) is -4.75. The first kappa shape index (κ1) is 18.1. The van der Waals surface area contributed by atoms with Gasteiger partial charge in [-0.25, -0.2) is 4.57 Å². The molecule has 2 rings (SSSR count). The Morgan fingerprint density at radius 3 is 2.62 bits per heavy atom. The third kappa shape index (κ3) is 4.20. The predicted octanol–water partition coefficient (Wildman–Crippen LogP) is 2.62. The number of aliphatic hydroxyl groups is 1. The van der Waals surface area contributed by atoms with Gasteiger partial charge in [-0.3, -0.25) is 4.79 Å². The van der Waals surface area contributed by atoms with Gasteiger partial charge >= 0.3 is 7.75 Å². The number of phenols is 1. The number of aliphatic hydroxyl groups excluding tert-OH is 1. The van der Waals surface area contributed by atoms with Crippen LogP contribution in [-0.2, 0) is 9.36 Å². The fourth-order valence-corrected chi connectivity index (χ4v) is 3.15. The molecule has 4 N–H and O–H groups in total. The van der Waals surface area contributed by atoms with Crippen LogP contribution >= 0.6 is 7.75 Å². The van der Waals surface area contributed by atoms with Crippen LogP contribution in [0, 0.1) is 5.92 Å². The Morgan fingerprint density at radius 1 is 1.33 bits per heavy atom. The molecule has 1 aliphatic rings. The summed E-state index contributed by atoms with van der Waals surface area (Å²) in [6, 6.07) is 6.19. The maximum atomic E-state index is 12.9. The van der Waals surface area contributed by atoms with E-state index in [1.54, 1.807) is 19.1 Å². The summed E-state index contributed by atoms with van der Waals surface area (Å²) in [5.74, 6) is -2.69. The van der Waals surface area contributed by atoms with Gasteiger partial charge in [0.25, 0.3) is 0 Å². The second-order valence-corrected chi connectivity index (χ2v) is 6.61. The summed E-state index contributed by atoms with van der Waals surface area (Å²) in [5, 5.41) is 19.7. The smallest absolute Gasteiger partial charge is 0.448 e. The second-order valence-electron chi connectivity index (χ2n) is 5.38. The van der Waals surface area contributed by atoms with Crippen LogP contribution in [0.4, 0.5) is 0 Å². The standard InChI is InChI=1S/C16H18NO6P/c1-2-12(10-5-3-6-11(18)9-10)16(20)15-13(17-24(21,22)23)7-4-8-14(15)19/h3-9,12,15,18-19H,2H2,1H3,(H2,21,22,23)/b17-13+. The number of allylic oxidation sites excluding steroid dienone is 4. The van der Waals surface area contributed by atoms with Gasteiger partial charge in [0.1, 0.15) is 17.4 Å². The number of phenolic OH excluding ortho intramolecular Hbond substituents is 1. The monoisotopic (exact) mass is 351 g/mol. The summed E-state index contributed by atoms with van der Waals surface area (Å²) in [6.07, 6.45) is 4.33. The van der Waals surface area contributed by atoms with Crippen LogP contribution in [-0.4, -0.2) is 31.5 Å². The number of benzene rings is 1. The predicted molar refractivity (Wildman–Crippen MR) is 89.0 cm³/mol. The summed E-state index contributed by atoms with van der Waals surface area (Å²) >= 11 is 0. The van der Waals surface area contributed by atoms with E-state index in [-0.39, 0.29) is 17.2 Å². The zero-order valence-electron chi connectivity index (χ0n) is 12.9. The lowest BCUT2D eigenvalue weighted by molar-refractivity contribution is -0.122. The quantitative estimate of drug-likeness (QED) is 0.604. The fraction of sp³-hybridized carbons (Fsp3) is 0.250. The number of hydrogen-bond donors (Lipinski definition) is 4. The average Bonchev–Trinajstić information content (AvgIpc) is 2.46. The van der Waals surface area contributed by atoms with E-state index in [2.05, 4.69) is 4.76 Å². The topological polar surface area (TPSA) is 127 Å². The number of Topliss-reactive ketones (excluding diaryl/α,β-unsaturated/α-hetero) is 1. The van der Waals surface area contributed by atoms with Crippen LogP contribution in [0.5, 0.6) is 5.75 Å². The molecule has 0 aliphatic heterocycles. The van der Waals surface area contributed by atoms with E-state index >= 15 is 0 Å². The molecule has 1 aromatic carbocycles. The first-order chi connectivity index (χ1) is 11.2. The van der Waals surface area contributed by atoms with Gasteiger partial charge in [-0.05, 0) is 36.3 Å². The van der Waals surface area contributed by atoms with Crippen molar-refractivity contribution in [3.05, 3.63) is 53.8 Å². The summed E-state index contributed by atoms with van der Waals surface area (Å²) in [4.78, 5) is 31.0. The molecular weight excluding hydrogens is 333 g/mol. The molecule has 2 atom stereocenters. The molecule has 0 bridgehead atoms. The molecule has 128 valence electrons. The lowest BCUT2D eigenvalue weighted by atomic mass is 9.81. The van der Waals surface area contributed by atoms with Crippen molar-refractivity contribution in [2.75, 3.05) is 0 Å². The van der Waals surface area contributed by atoms with Gasteiger partial charge in [0.15, 0.2) is 5.78 Å². The molecule has 0 heterocycles. The molecule has 0 saturated heterocycles. The number of nitrogens with zero attached hydrogens (tertiary/aromatic N) is 1. The molecular formula is C16H18NO6P. The highest BCUT2D eigenvalue weighted by Gasteiger charge is 2.35. The molecule has 24 heavy (non-hydrogen) atoms. The third-order valence-corrected chi connectivity index (χ3v) is 4.17. The summed E-state index contributed by atoms with van der Waals surface area (Å²) in [6.45, 7) is 1.77. The Bertz CT molecular complexity index is 777. The molecule has 0 fully saturated rings. The molecule has 8 heteroatoms. The molecule has 1 aromatic rings. The number of carbonyl (C=O) groups excluding carboxylic acids is 1. The van der Waals surface area contributed by atoms with E-state index < -0.39 is 25.4 Å². The van der Waals surface area contributed by atoms with Crippen molar-refractivity contribution in [3.63, 3.8) is 0 Å². The highest BCUT2D eigenvalue weighted by atomic mass is 31.2. The molecule has 0 radical (unpaired) electrons. The minimum Gasteiger partial charge on any atom is -0.511 e. The zero-order valence-corrected chi connectivity index (χ0v) is 13.8. The molecule has 0 amide bonds. The van der Waals surface area contributed by atoms with Crippen LogP contribution in [0.2, 0.25) is 0 Å². The van der Waals surface area contributed by atoms with E-state index in [1.807, 2.05) is 0 Å². The van der Waals surface area contributed by atoms with Crippen molar-refractivity contribution in [2.45, 2.75) is 19.3 Å². The maximum absolute atomic E-state index is 12.9. The van der Waals surface area contributed by atoms with Gasteiger partial charge in [-0.1, -0.05) is 25.1 Å². The van der Waals surface area contributed by atoms with Crippen LogP contribution in [0.3, 0.4) is 0 Å². The van der Waals surface area contributed by atoms with Crippen LogP contribution < -0.4 is 0 Å². The largest absolute Gasteiger partial charge is 0.511 e. The van der Waals surface area contributed by atoms with Crippen molar-refractivity contribution in [3.8, 4) is 5.75 Å². The maximum Gasteiger partial charge on any atom is 0.448 e. The van der Waals surface area contributed by atoms with Gasteiger partial charge in [0, 0.05) is 5.92 Å². The first-order valence-electron chi connectivity index (χ1n) is 7.28. The van der Waals surface area contributed by atoms with Crippen molar-refractivity contribution >= 4 is 19.2 Å². The number of ketones is 1. The zero-order chi connectivity index (χ0) is 17.9. The molecule has 7 nitrogen and oxygen atoms in total. The van der Waals surface area contributed by atoms with Crippen molar-refractivity contribution in [1.29, 1.82) is 0 Å². The van der Waals surface area contributed by atoms with Gasteiger partial charge < -0.3 is 20.0 Å². The Labute approximate surface area is 138 Å². The Hall–Kier alpha value is -2.21. The van der Waals surface area contributed by atoms with Crippen LogP contribution in [0.1, 0.15) is 24.8 Å². The second kappa shape index (κ2) is 7.13. The van der Waals surface area contributed by atoms with Gasteiger partial charge in [0.05, 0.1) is 5.71 Å². The first-order valence-corrected chi connectivity index (χ1v) is 8.85. The van der Waals surface area contributed by atoms with Crippen molar-refractivity contribution in [1.82, 2.24) is 0 Å². The molecule has 0 saturated carbocycles. The van der Waals surface area contributed by atoms with E-state index in [4.69, 9.17) is 9.79 Å². The summed E-state index contributed by atoms with van der Waals surface area (Å²) in [5.41, 5.74) is 0.368. The number of carbonyl (C=O) groups is 1. The number of rotatable bonds is 5. The normalized spacial score (nSPS) is 20.7. The van der Waals surface area contributed by atoms with E-state index in [0.29, 0.717) is 12.0 Å². The van der Waals surface area contributed by atoms with Crippen LogP contribution in [0.15, 0.2) is 53.0 Å². The lowest BCUT2D eigenvalue weighted by Gasteiger charge is -2.23. The average molecular weight is 351 g/mol. The molecule has 0 aromatic heterocycles. The highest BCUT2D eigenvalue weighted by molar-refractivity contribution is 7.50. The van der Waals surface area contributed by atoms with E-state index in [0.717, 1.165) is 0 Å². The van der Waals surface area contributed by atoms with E-state index in [1.165, 1.54) is 30.4 Å². The molecule has 2 unspecified atom stereocenters. The lowest BCUT2D eigenvalue weighted by Crippen LogP contribution is -2.31. The van der Waals surface area contributed by atoms with Crippen molar-refractivity contribution < 1.29 is 29.4 Å². The number of hydrogen-bond acceptors (Lipinski definition) is 4. The minimum absolute atomic E-state index is 0.00571. The molecule has 0 spiro atoms. The fourth-order valence-electron chi connectivity index (χ4n) is 2.67. The Kier molecular flexibility index (Phi) is 5.39. The summed E-state index contributed by atoms with van der Waals surface area (Å²) < 4.78 is 14.4. The number of aromatic hydroxyl groups is 1. The SMILES string of the molecule is CCC(C(=O)C1C(O)=CC=C/C1=N\P(=O)(O)O)c1cccc(O)c1. The highest BCUT2D eigenvalue weighted by Crippen LogP contribution is 2.39. The van der Waals surface area contributed by atoms with Gasteiger partial charge in [0.2, 0.25) is 0 Å². The van der Waals surface area contributed by atoms with Crippen LogP contribution in [0.25, 0.3) is 0 Å². The Morgan fingerprint density at radius 2 is 2.04 bits per heavy atom. The van der Waals surface area contributed by atoms with E-state index in [9.17, 15) is 19.6 Å². The van der Waals surface area contributed by atoms with Gasteiger partial charge in [-0.15, -0.1) is 0 Å². The minimum atomic E-state index is -4.75. The Balaban J connectivity index is 2.44. The van der Waals surface area contributed by atoms with Crippen molar-refractivity contribution in [2.24, 2.45) is 10.7 Å². The molecule has 1 aliphatic carbocycles. The third-order valence-electron chi connectivity index (χ3n) is 3.68. The van der Waals surface area contributed by atoms with Gasteiger partial charge in [-0.2, -0.15) is 4.76 Å².